The number of pyridine rings is 1. The summed E-state index contributed by atoms with van der Waals surface area (Å²) in [5.41, 5.74) is 3.05. The zero-order chi connectivity index (χ0) is 14.1. The Balaban J connectivity index is 2.15. The Morgan fingerprint density at radius 2 is 2.05 bits per heavy atom. The summed E-state index contributed by atoms with van der Waals surface area (Å²) in [4.78, 5) is 20.9. The molecule has 0 unspecified atom stereocenters. The van der Waals surface area contributed by atoms with E-state index in [9.17, 15) is 4.79 Å². The lowest BCUT2D eigenvalue weighted by Crippen LogP contribution is -1.99. The molecular formula is C14H10N4O2. The number of aromatic nitrogens is 3. The van der Waals surface area contributed by atoms with Gasteiger partial charge in [0.1, 0.15) is 6.07 Å². The molecule has 0 spiro atoms. The zero-order valence-corrected chi connectivity index (χ0v) is 10.6. The lowest BCUT2D eigenvalue weighted by atomic mass is 10.1. The lowest BCUT2D eigenvalue weighted by Gasteiger charge is -2.05. The maximum Gasteiger partial charge on any atom is 0.323 e. The van der Waals surface area contributed by atoms with Gasteiger partial charge in [0.2, 0.25) is 0 Å². The van der Waals surface area contributed by atoms with Crippen LogP contribution in [-0.2, 0) is 0 Å². The number of nitrogens with one attached hydrogen (secondary N) is 2. The van der Waals surface area contributed by atoms with Gasteiger partial charge in [-0.2, -0.15) is 5.26 Å². The molecule has 3 rings (SSSR count). The number of hydrogen-bond acceptors (Lipinski definition) is 4. The van der Waals surface area contributed by atoms with Crippen molar-refractivity contribution in [2.24, 2.45) is 0 Å². The van der Waals surface area contributed by atoms with Crippen molar-refractivity contribution in [3.8, 4) is 23.1 Å². The highest BCUT2D eigenvalue weighted by Gasteiger charge is 2.08. The number of nitriles is 1. The molecule has 1 aromatic carbocycles. The van der Waals surface area contributed by atoms with E-state index < -0.39 is 0 Å². The van der Waals surface area contributed by atoms with Crippen LogP contribution in [0, 0.1) is 11.3 Å². The maximum atomic E-state index is 11.2. The van der Waals surface area contributed by atoms with Gasteiger partial charge in [-0.05, 0) is 18.2 Å². The fourth-order valence-corrected chi connectivity index (χ4v) is 2.04. The Labute approximate surface area is 113 Å². The summed E-state index contributed by atoms with van der Waals surface area (Å²) < 4.78 is 5.06. The van der Waals surface area contributed by atoms with E-state index >= 15 is 0 Å². The Morgan fingerprint density at radius 1 is 1.25 bits per heavy atom. The third-order valence-electron chi connectivity index (χ3n) is 3.02. The number of imidazole rings is 1. The van der Waals surface area contributed by atoms with Crippen molar-refractivity contribution in [2.45, 2.75) is 0 Å². The van der Waals surface area contributed by atoms with E-state index in [1.165, 1.54) is 13.3 Å². The van der Waals surface area contributed by atoms with E-state index in [0.29, 0.717) is 22.5 Å². The largest absolute Gasteiger partial charge is 0.494 e. The van der Waals surface area contributed by atoms with Gasteiger partial charge in [0.25, 0.3) is 0 Å². The third kappa shape index (κ3) is 1.91. The highest BCUT2D eigenvalue weighted by atomic mass is 16.5. The highest BCUT2D eigenvalue weighted by molar-refractivity contribution is 5.80. The molecule has 2 N–H and O–H groups in total. The van der Waals surface area contributed by atoms with Crippen molar-refractivity contribution < 1.29 is 4.74 Å². The van der Waals surface area contributed by atoms with E-state index in [0.717, 1.165) is 11.1 Å². The zero-order valence-electron chi connectivity index (χ0n) is 10.6. The van der Waals surface area contributed by atoms with Crippen LogP contribution in [0.15, 0.2) is 35.3 Å². The number of rotatable bonds is 2. The molecule has 0 aliphatic heterocycles. The molecule has 6 heteroatoms. The van der Waals surface area contributed by atoms with Crippen LogP contribution >= 0.6 is 0 Å². The molecular weight excluding hydrogens is 256 g/mol. The van der Waals surface area contributed by atoms with Gasteiger partial charge in [0.15, 0.2) is 5.75 Å². The first kappa shape index (κ1) is 12.0. The molecule has 3 aromatic rings. The van der Waals surface area contributed by atoms with Crippen molar-refractivity contribution in [1.82, 2.24) is 15.0 Å². The third-order valence-corrected chi connectivity index (χ3v) is 3.02. The minimum Gasteiger partial charge on any atom is -0.494 e. The second-order valence-corrected chi connectivity index (χ2v) is 4.22. The number of aromatic amines is 2. The standard InChI is InChI=1S/C14H10N4O2/c1-20-13-7-16-11(5-9(13)6-15)8-2-3-10-12(4-8)18-14(19)17-10/h2-5,7H,1H3,(H2,17,18,19). The number of methoxy groups -OCH3 is 1. The van der Waals surface area contributed by atoms with Crippen LogP contribution in [0.4, 0.5) is 0 Å². The number of fused-ring (bicyclic) bond motifs is 1. The summed E-state index contributed by atoms with van der Waals surface area (Å²) in [5, 5.41) is 9.09. The van der Waals surface area contributed by atoms with E-state index in [2.05, 4.69) is 21.0 Å². The number of hydrogen-bond donors (Lipinski definition) is 2. The Bertz CT molecular complexity index is 886. The van der Waals surface area contributed by atoms with E-state index in [1.807, 2.05) is 12.1 Å². The summed E-state index contributed by atoms with van der Waals surface area (Å²) >= 11 is 0. The second-order valence-electron chi connectivity index (χ2n) is 4.22. The summed E-state index contributed by atoms with van der Waals surface area (Å²) in [5.74, 6) is 0.437. The Morgan fingerprint density at radius 3 is 2.80 bits per heavy atom. The van der Waals surface area contributed by atoms with Gasteiger partial charge < -0.3 is 14.7 Å². The SMILES string of the molecule is COc1cnc(-c2ccc3[nH]c(=O)[nH]c3c2)cc1C#N. The van der Waals surface area contributed by atoms with Gasteiger partial charge in [-0.3, -0.25) is 4.98 Å². The van der Waals surface area contributed by atoms with Crippen LogP contribution in [0.2, 0.25) is 0 Å². The van der Waals surface area contributed by atoms with Crippen LogP contribution in [-0.4, -0.2) is 22.1 Å². The van der Waals surface area contributed by atoms with Gasteiger partial charge in [-0.25, -0.2) is 4.79 Å². The minimum absolute atomic E-state index is 0.252. The van der Waals surface area contributed by atoms with Gasteiger partial charge in [0, 0.05) is 5.56 Å². The van der Waals surface area contributed by atoms with Crippen molar-refractivity contribution >= 4 is 11.0 Å². The maximum absolute atomic E-state index is 11.2. The average molecular weight is 266 g/mol. The van der Waals surface area contributed by atoms with Gasteiger partial charge in [0.05, 0.1) is 35.6 Å². The molecule has 0 fully saturated rings. The fraction of sp³-hybridized carbons (Fsp3) is 0.0714. The predicted octanol–water partition coefficient (Wildman–Crippen LogP) is 1.80. The van der Waals surface area contributed by atoms with Crippen molar-refractivity contribution in [3.63, 3.8) is 0 Å². The minimum atomic E-state index is -0.252. The molecule has 98 valence electrons. The summed E-state index contributed by atoms with van der Waals surface area (Å²) in [6, 6.07) is 9.16. The number of H-pyrrole nitrogens is 2. The molecule has 0 amide bonds. The molecule has 0 saturated heterocycles. The summed E-state index contributed by atoms with van der Waals surface area (Å²) in [7, 11) is 1.49. The van der Waals surface area contributed by atoms with E-state index in [4.69, 9.17) is 10.00 Å². The van der Waals surface area contributed by atoms with Crippen molar-refractivity contribution in [3.05, 3.63) is 46.5 Å². The molecule has 0 bridgehead atoms. The molecule has 20 heavy (non-hydrogen) atoms. The molecule has 0 atom stereocenters. The van der Waals surface area contributed by atoms with Crippen LogP contribution in [0.1, 0.15) is 5.56 Å². The Hall–Kier alpha value is -3.07. The first-order chi connectivity index (χ1) is 9.71. The molecule has 0 aliphatic carbocycles. The fourth-order valence-electron chi connectivity index (χ4n) is 2.04. The molecule has 0 saturated carbocycles. The highest BCUT2D eigenvalue weighted by Crippen LogP contribution is 2.25. The number of ether oxygens (including phenoxy) is 1. The van der Waals surface area contributed by atoms with Crippen molar-refractivity contribution in [1.29, 1.82) is 5.26 Å². The van der Waals surface area contributed by atoms with Gasteiger partial charge in [-0.1, -0.05) is 6.07 Å². The van der Waals surface area contributed by atoms with Crippen LogP contribution in [0.25, 0.3) is 22.3 Å². The van der Waals surface area contributed by atoms with Crippen LogP contribution in [0.3, 0.4) is 0 Å². The number of benzene rings is 1. The topological polar surface area (TPSA) is 94.6 Å². The van der Waals surface area contributed by atoms with Gasteiger partial charge >= 0.3 is 5.69 Å². The molecule has 2 aromatic heterocycles. The summed E-state index contributed by atoms with van der Waals surface area (Å²) in [6.07, 6.45) is 1.51. The monoisotopic (exact) mass is 266 g/mol. The average Bonchev–Trinajstić information content (AvgIpc) is 2.85. The van der Waals surface area contributed by atoms with Crippen LogP contribution < -0.4 is 10.4 Å². The molecule has 6 nitrogen and oxygen atoms in total. The quantitative estimate of drug-likeness (QED) is 0.739. The first-order valence-electron chi connectivity index (χ1n) is 5.88. The first-order valence-corrected chi connectivity index (χ1v) is 5.88. The predicted molar refractivity (Wildman–Crippen MR) is 73.4 cm³/mol. The smallest absolute Gasteiger partial charge is 0.323 e. The lowest BCUT2D eigenvalue weighted by molar-refractivity contribution is 0.411. The summed E-state index contributed by atoms with van der Waals surface area (Å²) in [6.45, 7) is 0. The Kier molecular flexibility index (Phi) is 2.73. The molecule has 2 heterocycles. The number of nitrogens with zero attached hydrogens (tertiary/aromatic N) is 2. The van der Waals surface area contributed by atoms with E-state index in [-0.39, 0.29) is 5.69 Å². The van der Waals surface area contributed by atoms with Crippen molar-refractivity contribution in [2.75, 3.05) is 7.11 Å². The second kappa shape index (κ2) is 4.55. The molecule has 0 radical (unpaired) electrons. The normalized spacial score (nSPS) is 10.4. The molecule has 0 aliphatic rings. The van der Waals surface area contributed by atoms with E-state index in [1.54, 1.807) is 12.1 Å². The van der Waals surface area contributed by atoms with Gasteiger partial charge in [-0.15, -0.1) is 0 Å². The van der Waals surface area contributed by atoms with Crippen LogP contribution in [0.5, 0.6) is 5.75 Å².